The van der Waals surface area contributed by atoms with Crippen molar-refractivity contribution in [3.8, 4) is 0 Å². The number of hydrogen-bond acceptors (Lipinski definition) is 3. The summed E-state index contributed by atoms with van der Waals surface area (Å²) in [5.41, 5.74) is 4.74. The molecule has 0 aromatic carbocycles. The first-order chi connectivity index (χ1) is 8.40. The molecule has 0 radical (unpaired) electrons. The summed E-state index contributed by atoms with van der Waals surface area (Å²) in [6.07, 6.45) is -5.46. The number of halogens is 5. The standard InChI is InChI=1S/C9H17F5N2O2S/c1-3-5-16(4-2)19(17,18)6-7(15)8(10,11)9(12,13)14/h7H,3-6,15H2,1-2H3. The minimum Gasteiger partial charge on any atom is -0.321 e. The van der Waals surface area contributed by atoms with E-state index in [1.807, 2.05) is 0 Å². The molecule has 2 N–H and O–H groups in total. The van der Waals surface area contributed by atoms with E-state index < -0.39 is 33.9 Å². The summed E-state index contributed by atoms with van der Waals surface area (Å²) < 4.78 is 86.1. The summed E-state index contributed by atoms with van der Waals surface area (Å²) in [6, 6.07) is -2.83. The van der Waals surface area contributed by atoms with Crippen LogP contribution in [0.15, 0.2) is 0 Å². The number of nitrogens with zero attached hydrogens (tertiary/aromatic N) is 1. The van der Waals surface area contributed by atoms with Gasteiger partial charge in [0, 0.05) is 13.1 Å². The number of nitrogens with two attached hydrogens (primary N) is 1. The van der Waals surface area contributed by atoms with Crippen molar-refractivity contribution in [1.82, 2.24) is 4.31 Å². The van der Waals surface area contributed by atoms with Crippen LogP contribution in [0.5, 0.6) is 0 Å². The minimum atomic E-state index is -5.87. The van der Waals surface area contributed by atoms with E-state index in [1.165, 1.54) is 6.92 Å². The van der Waals surface area contributed by atoms with E-state index in [0.29, 0.717) is 6.42 Å². The highest BCUT2D eigenvalue weighted by Crippen LogP contribution is 2.37. The van der Waals surface area contributed by atoms with Crippen molar-refractivity contribution in [2.24, 2.45) is 5.73 Å². The summed E-state index contributed by atoms with van der Waals surface area (Å²) in [4.78, 5) is 0. The zero-order chi connectivity index (χ0) is 15.5. The predicted octanol–water partition coefficient (Wildman–Crippen LogP) is 1.57. The topological polar surface area (TPSA) is 63.4 Å². The molecular formula is C9H17F5N2O2S. The molecule has 116 valence electrons. The first kappa shape index (κ1) is 18.5. The molecule has 0 aliphatic heterocycles. The lowest BCUT2D eigenvalue weighted by molar-refractivity contribution is -0.287. The summed E-state index contributed by atoms with van der Waals surface area (Å²) in [5, 5.41) is 0. The van der Waals surface area contributed by atoms with E-state index >= 15 is 0 Å². The Morgan fingerprint density at radius 1 is 1.16 bits per heavy atom. The molecule has 1 atom stereocenters. The Morgan fingerprint density at radius 2 is 1.63 bits per heavy atom. The van der Waals surface area contributed by atoms with Crippen molar-refractivity contribution >= 4 is 10.0 Å². The first-order valence-corrected chi connectivity index (χ1v) is 7.19. The van der Waals surface area contributed by atoms with Crippen molar-refractivity contribution in [3.63, 3.8) is 0 Å². The van der Waals surface area contributed by atoms with Gasteiger partial charge >= 0.3 is 12.1 Å². The molecule has 1 unspecified atom stereocenters. The Bertz CT molecular complexity index is 383. The van der Waals surface area contributed by atoms with E-state index in [1.54, 1.807) is 6.92 Å². The van der Waals surface area contributed by atoms with Crippen LogP contribution < -0.4 is 5.73 Å². The van der Waals surface area contributed by atoms with E-state index in [4.69, 9.17) is 5.73 Å². The fraction of sp³-hybridized carbons (Fsp3) is 1.00. The number of alkyl halides is 5. The molecule has 0 aliphatic rings. The highest BCUT2D eigenvalue weighted by molar-refractivity contribution is 7.89. The highest BCUT2D eigenvalue weighted by Gasteiger charge is 2.62. The van der Waals surface area contributed by atoms with Crippen LogP contribution >= 0.6 is 0 Å². The van der Waals surface area contributed by atoms with Crippen LogP contribution in [0.1, 0.15) is 20.3 Å². The molecule has 0 heterocycles. The summed E-state index contributed by atoms with van der Waals surface area (Å²) in [7, 11) is -4.25. The second kappa shape index (κ2) is 6.31. The van der Waals surface area contributed by atoms with Crippen LogP contribution in [0, 0.1) is 0 Å². The molecule has 19 heavy (non-hydrogen) atoms. The van der Waals surface area contributed by atoms with Gasteiger partial charge in [0.2, 0.25) is 10.0 Å². The van der Waals surface area contributed by atoms with Crippen LogP contribution in [0.3, 0.4) is 0 Å². The lowest BCUT2D eigenvalue weighted by atomic mass is 10.2. The fourth-order valence-corrected chi connectivity index (χ4v) is 3.12. The van der Waals surface area contributed by atoms with Gasteiger partial charge in [-0.15, -0.1) is 0 Å². The number of hydrogen-bond donors (Lipinski definition) is 1. The van der Waals surface area contributed by atoms with Crippen LogP contribution in [-0.4, -0.2) is 49.7 Å². The second-order valence-electron chi connectivity index (χ2n) is 4.00. The predicted molar refractivity (Wildman–Crippen MR) is 60.3 cm³/mol. The quantitative estimate of drug-likeness (QED) is 0.726. The molecule has 4 nitrogen and oxygen atoms in total. The smallest absolute Gasteiger partial charge is 0.321 e. The van der Waals surface area contributed by atoms with Gasteiger partial charge in [0.25, 0.3) is 0 Å². The van der Waals surface area contributed by atoms with E-state index in [2.05, 4.69) is 0 Å². The molecule has 0 aromatic rings. The number of sulfonamides is 1. The van der Waals surface area contributed by atoms with Crippen molar-refractivity contribution in [1.29, 1.82) is 0 Å². The normalized spacial score (nSPS) is 15.8. The van der Waals surface area contributed by atoms with Gasteiger partial charge in [-0.25, -0.2) is 12.7 Å². The largest absolute Gasteiger partial charge is 0.454 e. The van der Waals surface area contributed by atoms with E-state index in [0.717, 1.165) is 4.31 Å². The summed E-state index contributed by atoms with van der Waals surface area (Å²) >= 11 is 0. The van der Waals surface area contributed by atoms with Crippen molar-refractivity contribution in [3.05, 3.63) is 0 Å². The maximum atomic E-state index is 12.9. The summed E-state index contributed by atoms with van der Waals surface area (Å²) in [6.45, 7) is 3.15. The van der Waals surface area contributed by atoms with Crippen molar-refractivity contribution in [2.75, 3.05) is 18.8 Å². The van der Waals surface area contributed by atoms with Gasteiger partial charge in [0.15, 0.2) is 0 Å². The van der Waals surface area contributed by atoms with E-state index in [-0.39, 0.29) is 13.1 Å². The SMILES string of the molecule is CCCN(CC)S(=O)(=O)CC(N)C(F)(F)C(F)(F)F. The monoisotopic (exact) mass is 312 g/mol. The molecule has 0 spiro atoms. The van der Waals surface area contributed by atoms with Gasteiger partial charge in [-0.2, -0.15) is 22.0 Å². The maximum Gasteiger partial charge on any atom is 0.454 e. The average molecular weight is 312 g/mol. The Hall–Kier alpha value is -0.480. The van der Waals surface area contributed by atoms with Crippen LogP contribution in [0.4, 0.5) is 22.0 Å². The third-order valence-electron chi connectivity index (χ3n) is 2.45. The molecule has 0 amide bonds. The molecule has 10 heteroatoms. The molecule has 0 aromatic heterocycles. The lowest BCUT2D eigenvalue weighted by Crippen LogP contribution is -2.56. The molecular weight excluding hydrogens is 295 g/mol. The zero-order valence-corrected chi connectivity index (χ0v) is 11.4. The van der Waals surface area contributed by atoms with Gasteiger partial charge in [-0.1, -0.05) is 13.8 Å². The van der Waals surface area contributed by atoms with Crippen LogP contribution in [0.2, 0.25) is 0 Å². The Morgan fingerprint density at radius 3 is 1.95 bits per heavy atom. The van der Waals surface area contributed by atoms with Crippen LogP contribution in [-0.2, 0) is 10.0 Å². The van der Waals surface area contributed by atoms with Crippen molar-refractivity contribution in [2.45, 2.75) is 38.4 Å². The summed E-state index contributed by atoms with van der Waals surface area (Å²) in [5.74, 6) is -6.70. The molecule has 0 bridgehead atoms. The first-order valence-electron chi connectivity index (χ1n) is 5.58. The zero-order valence-electron chi connectivity index (χ0n) is 10.5. The van der Waals surface area contributed by atoms with Crippen LogP contribution in [0.25, 0.3) is 0 Å². The van der Waals surface area contributed by atoms with Gasteiger partial charge in [0.1, 0.15) is 0 Å². The fourth-order valence-electron chi connectivity index (χ4n) is 1.39. The molecule has 0 saturated heterocycles. The third-order valence-corrected chi connectivity index (χ3v) is 4.46. The van der Waals surface area contributed by atoms with Crippen molar-refractivity contribution < 1.29 is 30.4 Å². The minimum absolute atomic E-state index is 0.0134. The Balaban J connectivity index is 5.04. The molecule has 0 aliphatic carbocycles. The number of rotatable bonds is 7. The van der Waals surface area contributed by atoms with Gasteiger partial charge in [0.05, 0.1) is 11.8 Å². The highest BCUT2D eigenvalue weighted by atomic mass is 32.2. The van der Waals surface area contributed by atoms with Gasteiger partial charge in [-0.05, 0) is 6.42 Å². The lowest BCUT2D eigenvalue weighted by Gasteiger charge is -2.28. The van der Waals surface area contributed by atoms with Gasteiger partial charge in [-0.3, -0.25) is 0 Å². The Labute approximate surface area is 108 Å². The molecule has 0 fully saturated rings. The Kier molecular flexibility index (Phi) is 6.15. The molecule has 0 rings (SSSR count). The third kappa shape index (κ3) is 4.53. The average Bonchev–Trinajstić information content (AvgIpc) is 2.23. The maximum absolute atomic E-state index is 12.9. The molecule has 0 saturated carbocycles. The second-order valence-corrected chi connectivity index (χ2v) is 6.01. The van der Waals surface area contributed by atoms with E-state index in [9.17, 15) is 30.4 Å². The van der Waals surface area contributed by atoms with Gasteiger partial charge < -0.3 is 5.73 Å².